The number of anilines is 1. The van der Waals surface area contributed by atoms with Gasteiger partial charge in [0.25, 0.3) is 0 Å². The summed E-state index contributed by atoms with van der Waals surface area (Å²) in [5.41, 5.74) is 9.32. The maximum atomic E-state index is 12.1. The second-order valence-electron chi connectivity index (χ2n) is 9.07. The van der Waals surface area contributed by atoms with Gasteiger partial charge in [-0.2, -0.15) is 0 Å². The summed E-state index contributed by atoms with van der Waals surface area (Å²) < 4.78 is 12.0. The lowest BCUT2D eigenvalue weighted by atomic mass is 9.68. The molecule has 0 amide bonds. The first kappa shape index (κ1) is 22.1. The molecule has 174 valence electrons. The van der Waals surface area contributed by atoms with Gasteiger partial charge in [0.05, 0.1) is 13.2 Å². The number of nitrogens with two attached hydrogens (primary N) is 1. The molecule has 2 N–H and O–H groups in total. The van der Waals surface area contributed by atoms with Gasteiger partial charge in [-0.3, -0.25) is 4.79 Å². The predicted octanol–water partition coefficient (Wildman–Crippen LogP) is 5.26. The number of nitrogen functional groups attached to an aromatic ring is 1. The Morgan fingerprint density at radius 3 is 2.29 bits per heavy atom. The number of hydrogen-bond donors (Lipinski definition) is 1. The Morgan fingerprint density at radius 2 is 1.65 bits per heavy atom. The van der Waals surface area contributed by atoms with Crippen molar-refractivity contribution in [3.8, 4) is 22.6 Å². The molecule has 0 saturated heterocycles. The van der Waals surface area contributed by atoms with Crippen LogP contribution in [0.4, 0.5) is 5.95 Å². The Labute approximate surface area is 199 Å². The molecule has 0 aliphatic heterocycles. The number of carbonyl (C=O) groups is 1. The van der Waals surface area contributed by atoms with Crippen LogP contribution in [0.15, 0.2) is 67.0 Å². The summed E-state index contributed by atoms with van der Waals surface area (Å²) in [6, 6.07) is 14.5. The van der Waals surface area contributed by atoms with Gasteiger partial charge in [0, 0.05) is 29.8 Å². The third kappa shape index (κ3) is 4.28. The summed E-state index contributed by atoms with van der Waals surface area (Å²) in [5, 5.41) is 0. The van der Waals surface area contributed by atoms with Crippen molar-refractivity contribution >= 4 is 11.7 Å². The topological polar surface area (TPSA) is 87.3 Å². The molecule has 0 bridgehead atoms. The van der Waals surface area contributed by atoms with Gasteiger partial charge in [0.1, 0.15) is 0 Å². The summed E-state index contributed by atoms with van der Waals surface area (Å²) >= 11 is 0. The van der Waals surface area contributed by atoms with Crippen LogP contribution in [0.3, 0.4) is 0 Å². The van der Waals surface area contributed by atoms with Crippen LogP contribution in [0.1, 0.15) is 49.7 Å². The first-order valence-electron chi connectivity index (χ1n) is 11.8. The number of nitrogens with zero attached hydrogens (tertiary/aromatic N) is 2. The molecule has 6 heteroatoms. The van der Waals surface area contributed by atoms with Crippen LogP contribution in [0.5, 0.6) is 11.5 Å². The molecule has 2 aliphatic carbocycles. The zero-order valence-electron chi connectivity index (χ0n) is 19.4. The molecule has 1 saturated carbocycles. The maximum Gasteiger partial charge on any atom is 0.219 e. The molecule has 2 aromatic carbocycles. The van der Waals surface area contributed by atoms with Gasteiger partial charge in [0.2, 0.25) is 5.95 Å². The standard InChI is InChI=1S/C28H29N3O3/c1-33-25-11-10-22(16-26(25)34-24-4-2-3-5-24)28(14-12-23(32)13-15-28)21-8-6-19(7-9-21)20-17-30-27(29)31-18-20/h6-12,14,16-18,24H,2-5,13,15H2,1H3,(H2,29,30,31). The van der Waals surface area contributed by atoms with Crippen molar-refractivity contribution in [2.45, 2.75) is 50.0 Å². The van der Waals surface area contributed by atoms with E-state index in [1.807, 2.05) is 12.1 Å². The van der Waals surface area contributed by atoms with Crippen LogP contribution in [0.25, 0.3) is 11.1 Å². The summed E-state index contributed by atoms with van der Waals surface area (Å²) in [6.45, 7) is 0. The highest BCUT2D eigenvalue weighted by molar-refractivity contribution is 5.91. The highest BCUT2D eigenvalue weighted by Gasteiger charge is 2.35. The summed E-state index contributed by atoms with van der Waals surface area (Å²) in [4.78, 5) is 20.3. The molecule has 1 unspecified atom stereocenters. The number of hydrogen-bond acceptors (Lipinski definition) is 6. The fourth-order valence-corrected chi connectivity index (χ4v) is 5.05. The summed E-state index contributed by atoms with van der Waals surface area (Å²) in [6.07, 6.45) is 13.2. The maximum absolute atomic E-state index is 12.1. The number of allylic oxidation sites excluding steroid dienone is 2. The van der Waals surface area contributed by atoms with Crippen molar-refractivity contribution in [2.75, 3.05) is 12.8 Å². The van der Waals surface area contributed by atoms with E-state index in [0.717, 1.165) is 46.6 Å². The van der Waals surface area contributed by atoms with Gasteiger partial charge in [-0.1, -0.05) is 36.4 Å². The molecule has 5 rings (SSSR count). The molecule has 2 aliphatic rings. The predicted molar refractivity (Wildman–Crippen MR) is 132 cm³/mol. The molecule has 1 fully saturated rings. The van der Waals surface area contributed by atoms with E-state index in [9.17, 15) is 4.79 Å². The summed E-state index contributed by atoms with van der Waals surface area (Å²) in [5.74, 6) is 1.92. The molecular weight excluding hydrogens is 426 g/mol. The van der Waals surface area contributed by atoms with Gasteiger partial charge >= 0.3 is 0 Å². The lowest BCUT2D eigenvalue weighted by molar-refractivity contribution is -0.115. The Bertz CT molecular complexity index is 1200. The lowest BCUT2D eigenvalue weighted by Gasteiger charge is -2.35. The second-order valence-corrected chi connectivity index (χ2v) is 9.07. The van der Waals surface area contributed by atoms with Crippen LogP contribution in [0.2, 0.25) is 0 Å². The Morgan fingerprint density at radius 1 is 0.941 bits per heavy atom. The minimum atomic E-state index is -0.426. The van der Waals surface area contributed by atoms with E-state index in [4.69, 9.17) is 15.2 Å². The summed E-state index contributed by atoms with van der Waals surface area (Å²) in [7, 11) is 1.67. The SMILES string of the molecule is COc1ccc(C2(c3ccc(-c4cnc(N)nc4)cc3)C=CC(=O)CC2)cc1OC1CCCC1. The Balaban J connectivity index is 1.54. The molecule has 1 atom stereocenters. The molecule has 0 spiro atoms. The first-order chi connectivity index (χ1) is 16.6. The largest absolute Gasteiger partial charge is 0.493 e. The fraction of sp³-hybridized carbons (Fsp3) is 0.321. The van der Waals surface area contributed by atoms with Crippen LogP contribution in [0, 0.1) is 0 Å². The van der Waals surface area contributed by atoms with Crippen LogP contribution in [-0.2, 0) is 10.2 Å². The van der Waals surface area contributed by atoms with Crippen molar-refractivity contribution < 1.29 is 14.3 Å². The van der Waals surface area contributed by atoms with E-state index in [2.05, 4.69) is 46.4 Å². The lowest BCUT2D eigenvalue weighted by Crippen LogP contribution is -2.29. The Hall–Kier alpha value is -3.67. The Kier molecular flexibility index (Phi) is 6.05. The number of methoxy groups -OCH3 is 1. The molecule has 1 heterocycles. The number of ether oxygens (including phenoxy) is 2. The van der Waals surface area contributed by atoms with E-state index >= 15 is 0 Å². The zero-order chi connectivity index (χ0) is 23.5. The third-order valence-corrected chi connectivity index (χ3v) is 7.00. The van der Waals surface area contributed by atoms with Crippen molar-refractivity contribution in [2.24, 2.45) is 0 Å². The van der Waals surface area contributed by atoms with E-state index < -0.39 is 5.41 Å². The number of benzene rings is 2. The fourth-order valence-electron chi connectivity index (χ4n) is 5.05. The van der Waals surface area contributed by atoms with Crippen LogP contribution >= 0.6 is 0 Å². The van der Waals surface area contributed by atoms with E-state index in [0.29, 0.717) is 12.8 Å². The average molecular weight is 456 g/mol. The number of aromatic nitrogens is 2. The minimum Gasteiger partial charge on any atom is -0.493 e. The number of carbonyl (C=O) groups excluding carboxylic acids is 1. The van der Waals surface area contributed by atoms with Crippen molar-refractivity contribution in [3.63, 3.8) is 0 Å². The quantitative estimate of drug-likeness (QED) is 0.545. The van der Waals surface area contributed by atoms with Crippen molar-refractivity contribution in [1.82, 2.24) is 9.97 Å². The monoisotopic (exact) mass is 455 g/mol. The molecule has 0 radical (unpaired) electrons. The molecule has 34 heavy (non-hydrogen) atoms. The minimum absolute atomic E-state index is 0.155. The van der Waals surface area contributed by atoms with E-state index in [1.165, 1.54) is 12.8 Å². The number of rotatable bonds is 6. The average Bonchev–Trinajstić information content (AvgIpc) is 3.38. The van der Waals surface area contributed by atoms with Crippen molar-refractivity contribution in [3.05, 3.63) is 78.1 Å². The van der Waals surface area contributed by atoms with Gasteiger partial charge < -0.3 is 15.2 Å². The molecule has 3 aromatic rings. The third-order valence-electron chi connectivity index (χ3n) is 7.00. The highest BCUT2D eigenvalue weighted by atomic mass is 16.5. The second kappa shape index (κ2) is 9.29. The molecular formula is C28H29N3O3. The molecule has 6 nitrogen and oxygen atoms in total. The van der Waals surface area contributed by atoms with Gasteiger partial charge in [-0.15, -0.1) is 0 Å². The van der Waals surface area contributed by atoms with Gasteiger partial charge in [0.15, 0.2) is 17.3 Å². The van der Waals surface area contributed by atoms with Gasteiger partial charge in [-0.25, -0.2) is 9.97 Å². The smallest absolute Gasteiger partial charge is 0.219 e. The number of ketones is 1. The highest BCUT2D eigenvalue weighted by Crippen LogP contribution is 2.44. The zero-order valence-corrected chi connectivity index (χ0v) is 19.4. The molecule has 1 aromatic heterocycles. The van der Waals surface area contributed by atoms with Crippen molar-refractivity contribution in [1.29, 1.82) is 0 Å². The van der Waals surface area contributed by atoms with E-state index in [1.54, 1.807) is 25.6 Å². The first-order valence-corrected chi connectivity index (χ1v) is 11.8. The van der Waals surface area contributed by atoms with Crippen LogP contribution < -0.4 is 15.2 Å². The normalized spacial score (nSPS) is 20.4. The van der Waals surface area contributed by atoms with Crippen LogP contribution in [-0.4, -0.2) is 29.0 Å². The van der Waals surface area contributed by atoms with Gasteiger partial charge in [-0.05, 0) is 67.0 Å². The van der Waals surface area contributed by atoms with E-state index in [-0.39, 0.29) is 17.8 Å².